The summed E-state index contributed by atoms with van der Waals surface area (Å²) in [7, 11) is 0. The average Bonchev–Trinajstić information content (AvgIpc) is 2.93. The highest BCUT2D eigenvalue weighted by molar-refractivity contribution is 7.15. The van der Waals surface area contributed by atoms with E-state index in [1.54, 1.807) is 23.5 Å². The highest BCUT2D eigenvalue weighted by atomic mass is 32.1. The van der Waals surface area contributed by atoms with Crippen molar-refractivity contribution in [1.82, 2.24) is 10.2 Å². The molecule has 21 heavy (non-hydrogen) atoms. The number of hydrogen-bond donors (Lipinski definition) is 1. The molecule has 4 nitrogen and oxygen atoms in total. The second-order valence-electron chi connectivity index (χ2n) is 5.56. The first kappa shape index (κ1) is 14.4. The Morgan fingerprint density at radius 2 is 2.10 bits per heavy atom. The summed E-state index contributed by atoms with van der Waals surface area (Å²) in [5, 5.41) is 20.2. The van der Waals surface area contributed by atoms with E-state index in [2.05, 4.69) is 22.0 Å². The number of rotatable bonds is 3. The van der Waals surface area contributed by atoms with Gasteiger partial charge in [0.15, 0.2) is 0 Å². The van der Waals surface area contributed by atoms with E-state index in [9.17, 15) is 9.50 Å². The van der Waals surface area contributed by atoms with Gasteiger partial charge in [0.05, 0.1) is 6.10 Å². The summed E-state index contributed by atoms with van der Waals surface area (Å²) in [5.74, 6) is 0.112. The average molecular weight is 307 g/mol. The molecule has 1 aromatic carbocycles. The SMILES string of the molecule is C[C@H]1CCN(c2nnc(Cc3ccc(F)cc3)s2)C[C@@H]1O. The molecule has 1 fully saturated rings. The molecule has 1 aromatic heterocycles. The van der Waals surface area contributed by atoms with Crippen LogP contribution in [0.5, 0.6) is 0 Å². The maximum absolute atomic E-state index is 12.9. The maximum Gasteiger partial charge on any atom is 0.208 e. The summed E-state index contributed by atoms with van der Waals surface area (Å²) in [5.41, 5.74) is 1.02. The summed E-state index contributed by atoms with van der Waals surface area (Å²) in [6.45, 7) is 3.60. The lowest BCUT2D eigenvalue weighted by Crippen LogP contribution is -2.42. The molecule has 3 rings (SSSR count). The Labute approximate surface area is 127 Å². The van der Waals surface area contributed by atoms with Gasteiger partial charge in [-0.05, 0) is 30.0 Å². The fourth-order valence-corrected chi connectivity index (χ4v) is 3.35. The molecule has 1 aliphatic rings. The zero-order valence-electron chi connectivity index (χ0n) is 11.9. The van der Waals surface area contributed by atoms with Crippen molar-refractivity contribution in [3.05, 3.63) is 40.7 Å². The van der Waals surface area contributed by atoms with Crippen molar-refractivity contribution in [2.45, 2.75) is 25.9 Å². The Morgan fingerprint density at radius 1 is 1.33 bits per heavy atom. The van der Waals surface area contributed by atoms with Crippen LogP contribution in [-0.2, 0) is 6.42 Å². The van der Waals surface area contributed by atoms with Crippen LogP contribution in [0, 0.1) is 11.7 Å². The van der Waals surface area contributed by atoms with Gasteiger partial charge in [0.1, 0.15) is 10.8 Å². The van der Waals surface area contributed by atoms with E-state index in [0.717, 1.165) is 28.7 Å². The number of benzene rings is 1. The first-order valence-electron chi connectivity index (χ1n) is 7.11. The molecular formula is C15H18FN3OS. The first-order chi connectivity index (χ1) is 10.1. The molecule has 0 bridgehead atoms. The molecule has 1 N–H and O–H groups in total. The summed E-state index contributed by atoms with van der Waals surface area (Å²) >= 11 is 1.54. The number of anilines is 1. The summed E-state index contributed by atoms with van der Waals surface area (Å²) in [4.78, 5) is 2.09. The predicted octanol–water partition coefficient (Wildman–Crippen LogP) is 2.48. The van der Waals surface area contributed by atoms with Gasteiger partial charge in [0, 0.05) is 19.5 Å². The monoisotopic (exact) mass is 307 g/mol. The van der Waals surface area contributed by atoms with E-state index in [1.807, 2.05) is 0 Å². The quantitative estimate of drug-likeness (QED) is 0.946. The molecule has 2 heterocycles. The largest absolute Gasteiger partial charge is 0.391 e. The van der Waals surface area contributed by atoms with E-state index in [4.69, 9.17) is 0 Å². The van der Waals surface area contributed by atoms with Gasteiger partial charge in [0.25, 0.3) is 0 Å². The Balaban J connectivity index is 1.67. The van der Waals surface area contributed by atoms with Crippen LogP contribution in [0.15, 0.2) is 24.3 Å². The number of nitrogens with zero attached hydrogens (tertiary/aromatic N) is 3. The number of aromatic nitrogens is 2. The molecule has 1 aliphatic heterocycles. The zero-order chi connectivity index (χ0) is 14.8. The Hall–Kier alpha value is -1.53. The number of aliphatic hydroxyl groups excluding tert-OH is 1. The van der Waals surface area contributed by atoms with Gasteiger partial charge in [-0.25, -0.2) is 4.39 Å². The Bertz CT molecular complexity index is 601. The Kier molecular flexibility index (Phi) is 4.17. The lowest BCUT2D eigenvalue weighted by atomic mass is 9.96. The van der Waals surface area contributed by atoms with Gasteiger partial charge >= 0.3 is 0 Å². The minimum atomic E-state index is -0.303. The number of β-amino-alcohol motifs (C(OH)–C–C–N with tert-alkyl or cyclic N) is 1. The number of hydrogen-bond acceptors (Lipinski definition) is 5. The van der Waals surface area contributed by atoms with Crippen LogP contribution < -0.4 is 4.90 Å². The normalized spacial score (nSPS) is 22.5. The van der Waals surface area contributed by atoms with Crippen LogP contribution in [0.3, 0.4) is 0 Å². The third-order valence-electron chi connectivity index (χ3n) is 3.91. The molecule has 0 spiro atoms. The van der Waals surface area contributed by atoms with Crippen molar-refractivity contribution in [2.75, 3.05) is 18.0 Å². The highest BCUT2D eigenvalue weighted by Gasteiger charge is 2.26. The van der Waals surface area contributed by atoms with E-state index >= 15 is 0 Å². The minimum absolute atomic E-state index is 0.229. The number of piperidine rings is 1. The fourth-order valence-electron chi connectivity index (χ4n) is 2.44. The van der Waals surface area contributed by atoms with Gasteiger partial charge in [-0.2, -0.15) is 0 Å². The lowest BCUT2D eigenvalue weighted by molar-refractivity contribution is 0.103. The van der Waals surface area contributed by atoms with Gasteiger partial charge in [-0.3, -0.25) is 0 Å². The molecule has 2 aromatic rings. The summed E-state index contributed by atoms with van der Waals surface area (Å²) in [6.07, 6.45) is 1.32. The molecule has 0 amide bonds. The van der Waals surface area contributed by atoms with Gasteiger partial charge < -0.3 is 10.0 Å². The molecular weight excluding hydrogens is 289 g/mol. The topological polar surface area (TPSA) is 49.2 Å². The van der Waals surface area contributed by atoms with Gasteiger partial charge in [-0.1, -0.05) is 30.4 Å². The van der Waals surface area contributed by atoms with Crippen molar-refractivity contribution in [1.29, 1.82) is 0 Å². The van der Waals surface area contributed by atoms with Crippen LogP contribution >= 0.6 is 11.3 Å². The summed E-state index contributed by atoms with van der Waals surface area (Å²) in [6, 6.07) is 6.45. The predicted molar refractivity (Wildman–Crippen MR) is 81.1 cm³/mol. The van der Waals surface area contributed by atoms with Crippen LogP contribution in [0.1, 0.15) is 23.9 Å². The van der Waals surface area contributed by atoms with Crippen LogP contribution in [0.25, 0.3) is 0 Å². The smallest absolute Gasteiger partial charge is 0.208 e. The van der Waals surface area contributed by atoms with Crippen LogP contribution in [0.2, 0.25) is 0 Å². The molecule has 1 saturated heterocycles. The van der Waals surface area contributed by atoms with E-state index in [0.29, 0.717) is 18.9 Å². The lowest BCUT2D eigenvalue weighted by Gasteiger charge is -2.33. The third-order valence-corrected chi connectivity index (χ3v) is 4.90. The molecule has 0 saturated carbocycles. The van der Waals surface area contributed by atoms with E-state index < -0.39 is 0 Å². The number of halogens is 1. The minimum Gasteiger partial charge on any atom is -0.391 e. The van der Waals surface area contributed by atoms with E-state index in [-0.39, 0.29) is 11.9 Å². The van der Waals surface area contributed by atoms with Crippen molar-refractivity contribution < 1.29 is 9.50 Å². The van der Waals surface area contributed by atoms with Crippen molar-refractivity contribution in [2.24, 2.45) is 5.92 Å². The molecule has 6 heteroatoms. The van der Waals surface area contributed by atoms with E-state index in [1.165, 1.54) is 12.1 Å². The molecule has 0 unspecified atom stereocenters. The number of aliphatic hydroxyl groups is 1. The molecule has 112 valence electrons. The third kappa shape index (κ3) is 3.39. The van der Waals surface area contributed by atoms with Crippen molar-refractivity contribution in [3.63, 3.8) is 0 Å². The molecule has 0 aliphatic carbocycles. The van der Waals surface area contributed by atoms with Gasteiger partial charge in [-0.15, -0.1) is 10.2 Å². The Morgan fingerprint density at radius 3 is 2.81 bits per heavy atom. The second-order valence-corrected chi connectivity index (χ2v) is 6.60. The van der Waals surface area contributed by atoms with Crippen molar-refractivity contribution in [3.8, 4) is 0 Å². The standard InChI is InChI=1S/C15H18FN3OS/c1-10-6-7-19(9-13(10)20)15-18-17-14(21-15)8-11-2-4-12(16)5-3-11/h2-5,10,13,20H,6-9H2,1H3/t10-,13-/m0/s1. The van der Waals surface area contributed by atoms with Gasteiger partial charge in [0.2, 0.25) is 5.13 Å². The van der Waals surface area contributed by atoms with Crippen LogP contribution in [0.4, 0.5) is 9.52 Å². The summed E-state index contributed by atoms with van der Waals surface area (Å²) < 4.78 is 12.9. The van der Waals surface area contributed by atoms with Crippen LogP contribution in [-0.4, -0.2) is 34.5 Å². The van der Waals surface area contributed by atoms with Crippen molar-refractivity contribution >= 4 is 16.5 Å². The zero-order valence-corrected chi connectivity index (χ0v) is 12.7. The fraction of sp³-hybridized carbons (Fsp3) is 0.467. The molecule has 0 radical (unpaired) electrons. The first-order valence-corrected chi connectivity index (χ1v) is 7.93. The maximum atomic E-state index is 12.9. The highest BCUT2D eigenvalue weighted by Crippen LogP contribution is 2.27. The second kappa shape index (κ2) is 6.07. The molecule has 2 atom stereocenters.